The molecule has 0 saturated carbocycles. The summed E-state index contributed by atoms with van der Waals surface area (Å²) in [5.41, 5.74) is 1.98. The van der Waals surface area contributed by atoms with Crippen LogP contribution in [0.15, 0.2) is 59.8 Å². The Balaban J connectivity index is 1.66. The Morgan fingerprint density at radius 2 is 1.89 bits per heavy atom. The Bertz CT molecular complexity index is 1490. The summed E-state index contributed by atoms with van der Waals surface area (Å²) in [5.74, 6) is 0.0609. The number of nitrogens with zero attached hydrogens (tertiary/aromatic N) is 4. The van der Waals surface area contributed by atoms with E-state index in [0.717, 1.165) is 5.69 Å². The molecule has 0 spiro atoms. The number of aromatic nitrogens is 4. The van der Waals surface area contributed by atoms with E-state index in [2.05, 4.69) is 30.8 Å². The van der Waals surface area contributed by atoms with Gasteiger partial charge in [0.15, 0.2) is 5.44 Å². The van der Waals surface area contributed by atoms with E-state index >= 15 is 0 Å². The molecule has 36 heavy (non-hydrogen) atoms. The Kier molecular flexibility index (Phi) is 6.61. The monoisotopic (exact) mass is 508 g/mol. The highest BCUT2D eigenvalue weighted by atomic mass is 32.2. The number of hydrogen-bond acceptors (Lipinski definition) is 9. The fraction of sp³-hybridized carbons (Fsp3) is 0.280. The number of benzene rings is 2. The highest BCUT2D eigenvalue weighted by Crippen LogP contribution is 2.35. The Morgan fingerprint density at radius 1 is 1.08 bits per heavy atom. The van der Waals surface area contributed by atoms with Gasteiger partial charge in [0.25, 0.3) is 0 Å². The third-order valence-corrected chi connectivity index (χ3v) is 7.96. The summed E-state index contributed by atoms with van der Waals surface area (Å²) in [6.45, 7) is 4.81. The third kappa shape index (κ3) is 4.77. The standard InChI is InChI=1S/C25H25FN6O3S/c1-15-3-8-21(32-31-15)16(2)30-25-20-11-18(17-4-6-19(26)7-5-17)12-22(24(20)28-14-29-25)36(33,34)23-13-27-9-10-35-23/h3-8,11-12,14,16,23,27H,9-10,13H2,1-2H3,(H,28,29,30)/t16?,23-/m1/s1. The highest BCUT2D eigenvalue weighted by molar-refractivity contribution is 7.92. The first-order valence-corrected chi connectivity index (χ1v) is 13.1. The van der Waals surface area contributed by atoms with E-state index in [0.29, 0.717) is 34.6 Å². The van der Waals surface area contributed by atoms with Gasteiger partial charge in [-0.15, -0.1) is 0 Å². The number of nitrogens with one attached hydrogen (secondary N) is 2. The summed E-state index contributed by atoms with van der Waals surface area (Å²) in [4.78, 5) is 8.78. The van der Waals surface area contributed by atoms with E-state index < -0.39 is 15.3 Å². The van der Waals surface area contributed by atoms with Crippen LogP contribution in [0.25, 0.3) is 22.0 Å². The Labute approximate surface area is 208 Å². The molecular formula is C25H25FN6O3S. The number of aryl methyl sites for hydroxylation is 1. The summed E-state index contributed by atoms with van der Waals surface area (Å²) < 4.78 is 46.6. The second-order valence-corrected chi connectivity index (χ2v) is 10.7. The maximum absolute atomic E-state index is 13.7. The van der Waals surface area contributed by atoms with Crippen molar-refractivity contribution in [2.24, 2.45) is 0 Å². The van der Waals surface area contributed by atoms with Gasteiger partial charge < -0.3 is 15.4 Å². The first kappa shape index (κ1) is 24.2. The van der Waals surface area contributed by atoms with Crippen LogP contribution >= 0.6 is 0 Å². The average Bonchev–Trinajstić information content (AvgIpc) is 2.89. The fourth-order valence-electron chi connectivity index (χ4n) is 4.08. The van der Waals surface area contributed by atoms with Gasteiger partial charge in [0.2, 0.25) is 9.84 Å². The molecule has 1 fully saturated rings. The summed E-state index contributed by atoms with van der Waals surface area (Å²) in [5, 5.41) is 15.2. The van der Waals surface area contributed by atoms with E-state index in [-0.39, 0.29) is 35.4 Å². The maximum atomic E-state index is 13.7. The number of fused-ring (bicyclic) bond motifs is 1. The van der Waals surface area contributed by atoms with Crippen LogP contribution in [0.1, 0.15) is 24.4 Å². The summed E-state index contributed by atoms with van der Waals surface area (Å²) in [6, 6.07) is 12.7. The molecule has 1 unspecified atom stereocenters. The minimum atomic E-state index is -3.93. The van der Waals surface area contributed by atoms with Gasteiger partial charge >= 0.3 is 0 Å². The van der Waals surface area contributed by atoms with Crippen LogP contribution in [-0.4, -0.2) is 53.7 Å². The van der Waals surface area contributed by atoms with Crippen molar-refractivity contribution in [1.82, 2.24) is 25.5 Å². The zero-order chi connectivity index (χ0) is 25.3. The van der Waals surface area contributed by atoms with E-state index in [9.17, 15) is 12.8 Å². The van der Waals surface area contributed by atoms with Crippen molar-refractivity contribution in [3.63, 3.8) is 0 Å². The van der Waals surface area contributed by atoms with Crippen LogP contribution < -0.4 is 10.6 Å². The van der Waals surface area contributed by atoms with Crippen molar-refractivity contribution in [3.8, 4) is 11.1 Å². The second kappa shape index (κ2) is 9.84. The van der Waals surface area contributed by atoms with Crippen molar-refractivity contribution in [2.75, 3.05) is 25.0 Å². The molecule has 1 aliphatic heterocycles. The van der Waals surface area contributed by atoms with Gasteiger partial charge in [-0.1, -0.05) is 12.1 Å². The normalized spacial score (nSPS) is 17.1. The zero-order valence-electron chi connectivity index (χ0n) is 19.8. The van der Waals surface area contributed by atoms with Crippen LogP contribution in [-0.2, 0) is 14.6 Å². The topological polar surface area (TPSA) is 119 Å². The molecule has 3 heterocycles. The molecule has 1 aliphatic rings. The molecule has 2 aromatic heterocycles. The van der Waals surface area contributed by atoms with E-state index in [1.165, 1.54) is 18.5 Å². The van der Waals surface area contributed by atoms with Crippen molar-refractivity contribution < 1.29 is 17.5 Å². The fourth-order valence-corrected chi connectivity index (χ4v) is 5.70. The van der Waals surface area contributed by atoms with Crippen LogP contribution in [0.2, 0.25) is 0 Å². The first-order chi connectivity index (χ1) is 17.3. The van der Waals surface area contributed by atoms with Gasteiger partial charge in [-0.2, -0.15) is 10.2 Å². The highest BCUT2D eigenvalue weighted by Gasteiger charge is 2.33. The lowest BCUT2D eigenvalue weighted by Gasteiger charge is -2.24. The van der Waals surface area contributed by atoms with Gasteiger partial charge in [0, 0.05) is 18.5 Å². The predicted octanol–water partition coefficient (Wildman–Crippen LogP) is 3.43. The molecule has 0 bridgehead atoms. The zero-order valence-corrected chi connectivity index (χ0v) is 20.6. The number of rotatable bonds is 6. The third-order valence-electron chi connectivity index (χ3n) is 6.04. The lowest BCUT2D eigenvalue weighted by molar-refractivity contribution is 0.0785. The molecule has 0 aliphatic carbocycles. The number of halogens is 1. The summed E-state index contributed by atoms with van der Waals surface area (Å²) >= 11 is 0. The molecule has 0 amide bonds. The van der Waals surface area contributed by atoms with Crippen LogP contribution in [0.3, 0.4) is 0 Å². The number of ether oxygens (including phenoxy) is 1. The number of anilines is 1. The number of morpholine rings is 1. The van der Waals surface area contributed by atoms with E-state index in [1.54, 1.807) is 24.3 Å². The quantitative estimate of drug-likeness (QED) is 0.404. The van der Waals surface area contributed by atoms with Gasteiger partial charge in [0.05, 0.1) is 34.4 Å². The van der Waals surface area contributed by atoms with Crippen LogP contribution in [0.5, 0.6) is 0 Å². The maximum Gasteiger partial charge on any atom is 0.208 e. The lowest BCUT2D eigenvalue weighted by Crippen LogP contribution is -2.43. The van der Waals surface area contributed by atoms with Crippen LogP contribution in [0, 0.1) is 12.7 Å². The molecule has 9 nitrogen and oxygen atoms in total. The summed E-state index contributed by atoms with van der Waals surface area (Å²) in [6.07, 6.45) is 1.33. The molecular weight excluding hydrogens is 483 g/mol. The van der Waals surface area contributed by atoms with Gasteiger partial charge in [-0.05, 0) is 61.4 Å². The molecule has 2 N–H and O–H groups in total. The second-order valence-electron chi connectivity index (χ2n) is 8.61. The lowest BCUT2D eigenvalue weighted by atomic mass is 10.0. The molecule has 1 saturated heterocycles. The van der Waals surface area contributed by atoms with Crippen molar-refractivity contribution >= 4 is 26.6 Å². The van der Waals surface area contributed by atoms with E-state index in [1.807, 2.05) is 26.0 Å². The molecule has 4 aromatic rings. The van der Waals surface area contributed by atoms with Gasteiger partial charge in [-0.25, -0.2) is 22.8 Å². The minimum Gasteiger partial charge on any atom is -0.361 e. The van der Waals surface area contributed by atoms with Crippen molar-refractivity contribution in [2.45, 2.75) is 30.2 Å². The molecule has 2 aromatic carbocycles. The SMILES string of the molecule is Cc1ccc(C(C)Nc2ncnc3c(S(=O)(=O)[C@@H]4CNCCO4)cc(-c4ccc(F)cc4)cc23)nn1. The van der Waals surface area contributed by atoms with Gasteiger partial charge in [-0.3, -0.25) is 0 Å². The summed E-state index contributed by atoms with van der Waals surface area (Å²) in [7, 11) is -3.93. The minimum absolute atomic E-state index is 0.0289. The molecule has 5 rings (SSSR count). The molecule has 2 atom stereocenters. The number of hydrogen-bond donors (Lipinski definition) is 2. The Hall–Kier alpha value is -3.54. The molecule has 186 valence electrons. The smallest absolute Gasteiger partial charge is 0.208 e. The number of sulfone groups is 1. The van der Waals surface area contributed by atoms with Crippen molar-refractivity contribution in [3.05, 3.63) is 72.1 Å². The van der Waals surface area contributed by atoms with E-state index in [4.69, 9.17) is 4.74 Å². The predicted molar refractivity (Wildman–Crippen MR) is 134 cm³/mol. The average molecular weight is 509 g/mol. The van der Waals surface area contributed by atoms with Gasteiger partial charge in [0.1, 0.15) is 18.0 Å². The largest absolute Gasteiger partial charge is 0.361 e. The Morgan fingerprint density at radius 3 is 2.58 bits per heavy atom. The molecule has 0 radical (unpaired) electrons. The van der Waals surface area contributed by atoms with Crippen LogP contribution in [0.4, 0.5) is 10.2 Å². The first-order valence-electron chi connectivity index (χ1n) is 11.5. The van der Waals surface area contributed by atoms with Crippen molar-refractivity contribution in [1.29, 1.82) is 0 Å². The molecule has 11 heteroatoms.